The van der Waals surface area contributed by atoms with Gasteiger partial charge in [-0.25, -0.2) is 0 Å². The topological polar surface area (TPSA) is 63.1 Å². The molecule has 150 valence electrons. The lowest BCUT2D eigenvalue weighted by Gasteiger charge is -2.12. The van der Waals surface area contributed by atoms with E-state index >= 15 is 0 Å². The molecule has 0 fully saturated rings. The van der Waals surface area contributed by atoms with Crippen LogP contribution in [0.1, 0.15) is 27.1 Å². The largest absolute Gasteiger partial charge is 0.352 e. The first-order chi connectivity index (χ1) is 14.7. The molecule has 4 aromatic rings. The molecule has 0 aliphatic heterocycles. The average molecular weight is 397 g/mol. The minimum Gasteiger partial charge on any atom is -0.352 e. The standard InChI is InChI=1S/C25H23N3O2/c29-24(20-10-2-1-3-11-20)27-22-13-6-5-12-21(22)25(30)26-16-8-17-28-18-15-19-9-4-7-14-23(19)28/h1-7,9-15,18H,8,16-17H2,(H,26,30)(H,27,29). The van der Waals surface area contributed by atoms with Crippen LogP contribution in [0.5, 0.6) is 0 Å². The molecule has 4 rings (SSSR count). The number of fused-ring (bicyclic) bond motifs is 1. The molecular weight excluding hydrogens is 374 g/mol. The Balaban J connectivity index is 1.35. The van der Waals surface area contributed by atoms with Gasteiger partial charge < -0.3 is 15.2 Å². The highest BCUT2D eigenvalue weighted by atomic mass is 16.2. The third-order valence-corrected chi connectivity index (χ3v) is 5.00. The van der Waals surface area contributed by atoms with Crippen LogP contribution in [-0.2, 0) is 6.54 Å². The van der Waals surface area contributed by atoms with Crippen molar-refractivity contribution in [2.45, 2.75) is 13.0 Å². The normalized spacial score (nSPS) is 10.7. The second-order valence-electron chi connectivity index (χ2n) is 7.04. The van der Waals surface area contributed by atoms with E-state index in [0.29, 0.717) is 23.4 Å². The molecule has 1 heterocycles. The van der Waals surface area contributed by atoms with Crippen LogP contribution >= 0.6 is 0 Å². The monoisotopic (exact) mass is 397 g/mol. The number of carbonyl (C=O) groups excluding carboxylic acids is 2. The molecule has 5 heteroatoms. The van der Waals surface area contributed by atoms with E-state index in [-0.39, 0.29) is 11.8 Å². The van der Waals surface area contributed by atoms with Gasteiger partial charge in [-0.1, -0.05) is 48.5 Å². The second kappa shape index (κ2) is 9.09. The lowest BCUT2D eigenvalue weighted by molar-refractivity contribution is 0.0953. The Morgan fingerprint density at radius 2 is 1.50 bits per heavy atom. The summed E-state index contributed by atoms with van der Waals surface area (Å²) in [5.74, 6) is -0.438. The maximum Gasteiger partial charge on any atom is 0.255 e. The van der Waals surface area contributed by atoms with Crippen molar-refractivity contribution in [3.63, 3.8) is 0 Å². The van der Waals surface area contributed by atoms with E-state index in [1.54, 1.807) is 36.4 Å². The van der Waals surface area contributed by atoms with Crippen molar-refractivity contribution in [1.29, 1.82) is 0 Å². The van der Waals surface area contributed by atoms with Crippen molar-refractivity contribution in [2.75, 3.05) is 11.9 Å². The number of aryl methyl sites for hydroxylation is 1. The van der Waals surface area contributed by atoms with Crippen LogP contribution in [0, 0.1) is 0 Å². The number of nitrogens with zero attached hydrogens (tertiary/aromatic N) is 1. The fraction of sp³-hybridized carbons (Fsp3) is 0.120. The predicted molar refractivity (Wildman–Crippen MR) is 120 cm³/mol. The van der Waals surface area contributed by atoms with Gasteiger partial charge in [0.1, 0.15) is 0 Å². The highest BCUT2D eigenvalue weighted by Crippen LogP contribution is 2.17. The quantitative estimate of drug-likeness (QED) is 0.444. The SMILES string of the molecule is O=C(Nc1ccccc1C(=O)NCCCn1ccc2ccccc21)c1ccccc1. The summed E-state index contributed by atoms with van der Waals surface area (Å²) in [7, 11) is 0. The molecule has 30 heavy (non-hydrogen) atoms. The molecule has 2 amide bonds. The molecule has 0 saturated carbocycles. The average Bonchev–Trinajstić information content (AvgIpc) is 3.20. The van der Waals surface area contributed by atoms with Crippen molar-refractivity contribution in [3.05, 3.63) is 102 Å². The van der Waals surface area contributed by atoms with Crippen LogP contribution in [0.25, 0.3) is 10.9 Å². The van der Waals surface area contributed by atoms with Crippen molar-refractivity contribution < 1.29 is 9.59 Å². The number of hydrogen-bond donors (Lipinski definition) is 2. The number of anilines is 1. The van der Waals surface area contributed by atoms with Crippen LogP contribution in [0.15, 0.2) is 91.1 Å². The molecule has 0 aliphatic rings. The van der Waals surface area contributed by atoms with E-state index in [0.717, 1.165) is 13.0 Å². The number of benzene rings is 3. The van der Waals surface area contributed by atoms with Crippen LogP contribution in [0.4, 0.5) is 5.69 Å². The zero-order valence-corrected chi connectivity index (χ0v) is 16.5. The van der Waals surface area contributed by atoms with Crippen LogP contribution in [0.2, 0.25) is 0 Å². The molecule has 5 nitrogen and oxygen atoms in total. The Kier molecular flexibility index (Phi) is 5.90. The zero-order chi connectivity index (χ0) is 20.8. The Bertz CT molecular complexity index is 1170. The van der Waals surface area contributed by atoms with Gasteiger partial charge in [-0.15, -0.1) is 0 Å². The van der Waals surface area contributed by atoms with E-state index < -0.39 is 0 Å². The number of aromatic nitrogens is 1. The Morgan fingerprint density at radius 1 is 0.767 bits per heavy atom. The number of rotatable bonds is 7. The summed E-state index contributed by atoms with van der Waals surface area (Å²) in [6, 6.07) is 26.3. The molecule has 3 aromatic carbocycles. The van der Waals surface area contributed by atoms with Gasteiger partial charge in [0.25, 0.3) is 11.8 Å². The van der Waals surface area contributed by atoms with Gasteiger partial charge in [-0.05, 0) is 48.2 Å². The summed E-state index contributed by atoms with van der Waals surface area (Å²) in [6.45, 7) is 1.37. The van der Waals surface area contributed by atoms with Gasteiger partial charge in [0.15, 0.2) is 0 Å². The molecule has 1 aromatic heterocycles. The first-order valence-corrected chi connectivity index (χ1v) is 10.00. The number of nitrogens with one attached hydrogen (secondary N) is 2. The summed E-state index contributed by atoms with van der Waals surface area (Å²) >= 11 is 0. The number of para-hydroxylation sites is 2. The van der Waals surface area contributed by atoms with Gasteiger partial charge in [0.2, 0.25) is 0 Å². The second-order valence-corrected chi connectivity index (χ2v) is 7.04. The van der Waals surface area contributed by atoms with Crippen LogP contribution in [-0.4, -0.2) is 22.9 Å². The smallest absolute Gasteiger partial charge is 0.255 e. The van der Waals surface area contributed by atoms with Gasteiger partial charge in [-0.2, -0.15) is 0 Å². The van der Waals surface area contributed by atoms with Gasteiger partial charge in [-0.3, -0.25) is 9.59 Å². The molecule has 0 saturated heterocycles. The number of carbonyl (C=O) groups is 2. The first-order valence-electron chi connectivity index (χ1n) is 10.00. The zero-order valence-electron chi connectivity index (χ0n) is 16.5. The summed E-state index contributed by atoms with van der Waals surface area (Å²) in [6.07, 6.45) is 2.88. The first kappa shape index (κ1) is 19.5. The van der Waals surface area contributed by atoms with E-state index in [1.807, 2.05) is 30.3 Å². The van der Waals surface area contributed by atoms with E-state index in [9.17, 15) is 9.59 Å². The minimum absolute atomic E-state index is 0.198. The fourth-order valence-corrected chi connectivity index (χ4v) is 3.46. The molecule has 0 bridgehead atoms. The van der Waals surface area contributed by atoms with Crippen LogP contribution in [0.3, 0.4) is 0 Å². The summed E-state index contributed by atoms with van der Waals surface area (Å²) < 4.78 is 2.19. The molecule has 2 N–H and O–H groups in total. The Hall–Kier alpha value is -3.86. The van der Waals surface area contributed by atoms with Crippen LogP contribution < -0.4 is 10.6 Å². The van der Waals surface area contributed by atoms with Gasteiger partial charge in [0.05, 0.1) is 11.3 Å². The lowest BCUT2D eigenvalue weighted by Crippen LogP contribution is -2.26. The van der Waals surface area contributed by atoms with Crippen molar-refractivity contribution >= 4 is 28.4 Å². The summed E-state index contributed by atoms with van der Waals surface area (Å²) in [5, 5.41) is 7.01. The molecule has 0 aliphatic carbocycles. The number of amides is 2. The van der Waals surface area contributed by atoms with Gasteiger partial charge >= 0.3 is 0 Å². The molecule has 0 radical (unpaired) electrons. The minimum atomic E-state index is -0.240. The van der Waals surface area contributed by atoms with E-state index in [2.05, 4.69) is 39.6 Å². The van der Waals surface area contributed by atoms with Crippen molar-refractivity contribution in [3.8, 4) is 0 Å². The third kappa shape index (κ3) is 4.41. The molecular formula is C25H23N3O2. The van der Waals surface area contributed by atoms with E-state index in [1.165, 1.54) is 10.9 Å². The maximum absolute atomic E-state index is 12.7. The van der Waals surface area contributed by atoms with E-state index in [4.69, 9.17) is 0 Å². The summed E-state index contributed by atoms with van der Waals surface area (Å²) in [4.78, 5) is 25.1. The predicted octanol–water partition coefficient (Wildman–Crippen LogP) is 4.71. The lowest BCUT2D eigenvalue weighted by atomic mass is 10.1. The highest BCUT2D eigenvalue weighted by molar-refractivity contribution is 6.08. The maximum atomic E-state index is 12.7. The van der Waals surface area contributed by atoms with Gasteiger partial charge in [0, 0.05) is 30.4 Å². The highest BCUT2D eigenvalue weighted by Gasteiger charge is 2.13. The molecule has 0 atom stereocenters. The molecule has 0 spiro atoms. The Labute approximate surface area is 175 Å². The third-order valence-electron chi connectivity index (χ3n) is 5.00. The van der Waals surface area contributed by atoms with Crippen molar-refractivity contribution in [1.82, 2.24) is 9.88 Å². The molecule has 0 unspecified atom stereocenters. The number of hydrogen-bond acceptors (Lipinski definition) is 2. The van der Waals surface area contributed by atoms with Crippen molar-refractivity contribution in [2.24, 2.45) is 0 Å². The summed E-state index contributed by atoms with van der Waals surface area (Å²) in [5.41, 5.74) is 2.69. The Morgan fingerprint density at radius 3 is 2.37 bits per heavy atom. The fourth-order valence-electron chi connectivity index (χ4n) is 3.46.